The Labute approximate surface area is 204 Å². The van der Waals surface area contributed by atoms with Crippen LogP contribution < -0.4 is 15.5 Å². The third kappa shape index (κ3) is 4.27. The van der Waals surface area contributed by atoms with Crippen molar-refractivity contribution in [2.75, 3.05) is 5.32 Å². The molecule has 2 N–H and O–H groups in total. The van der Waals surface area contributed by atoms with Crippen LogP contribution in [-0.4, -0.2) is 27.5 Å². The van der Waals surface area contributed by atoms with Gasteiger partial charge in [-0.25, -0.2) is 0 Å². The molecule has 0 bridgehead atoms. The van der Waals surface area contributed by atoms with Gasteiger partial charge < -0.3 is 5.32 Å². The largest absolute Gasteiger partial charge is 0.416 e. The van der Waals surface area contributed by atoms with Crippen molar-refractivity contribution in [1.29, 1.82) is 0 Å². The van der Waals surface area contributed by atoms with Gasteiger partial charge in [-0.1, -0.05) is 59.5 Å². The normalized spacial score (nSPS) is 21.3. The van der Waals surface area contributed by atoms with Crippen LogP contribution in [-0.2, 0) is 27.1 Å². The van der Waals surface area contributed by atoms with Crippen molar-refractivity contribution < 1.29 is 27.6 Å². The molecule has 2 aliphatic heterocycles. The van der Waals surface area contributed by atoms with Gasteiger partial charge in [0.15, 0.2) is 0 Å². The third-order valence-electron chi connectivity index (χ3n) is 5.82. The predicted molar refractivity (Wildman–Crippen MR) is 123 cm³/mol. The number of halogens is 3. The van der Waals surface area contributed by atoms with Crippen LogP contribution in [0.3, 0.4) is 0 Å². The van der Waals surface area contributed by atoms with Crippen molar-refractivity contribution in [1.82, 2.24) is 9.88 Å². The van der Waals surface area contributed by atoms with E-state index in [4.69, 9.17) is 0 Å². The lowest BCUT2D eigenvalue weighted by Crippen LogP contribution is -2.32. The monoisotopic (exact) mass is 519 g/mol. The molecule has 0 saturated carbocycles. The van der Waals surface area contributed by atoms with Gasteiger partial charge in [-0.2, -0.15) is 13.2 Å². The molecule has 7 nitrogen and oxygen atoms in total. The summed E-state index contributed by atoms with van der Waals surface area (Å²) in [7, 11) is 0. The van der Waals surface area contributed by atoms with E-state index in [-0.39, 0.29) is 5.69 Å². The van der Waals surface area contributed by atoms with Crippen LogP contribution in [0.15, 0.2) is 64.4 Å². The first-order chi connectivity index (χ1) is 16.6. The third-order valence-corrected chi connectivity index (χ3v) is 8.44. The number of aromatic nitrogens is 1. The standard InChI is InChI=1S/C23H16F3N3O4S2/c24-23(25,26)12-7-4-8-13(9-12)27-14(30)10-29-21-18(35-22(29)33)15(11-5-2-1-3-6-11)16-17(34-21)20(32)28-19(16)31/h1-9,15-17H,10H2,(H,27,30)(H,28,31,32). The summed E-state index contributed by atoms with van der Waals surface area (Å²) in [6.45, 7) is -0.456. The number of hydrogen-bond donors (Lipinski definition) is 2. The number of fused-ring (bicyclic) bond motifs is 2. The maximum Gasteiger partial charge on any atom is 0.416 e. The minimum Gasteiger partial charge on any atom is -0.325 e. The molecule has 1 saturated heterocycles. The molecule has 1 aromatic heterocycles. The second kappa shape index (κ2) is 8.68. The number of amides is 3. The summed E-state index contributed by atoms with van der Waals surface area (Å²) in [5.41, 5.74) is -0.210. The highest BCUT2D eigenvalue weighted by atomic mass is 32.2. The van der Waals surface area contributed by atoms with Gasteiger partial charge in [-0.05, 0) is 23.8 Å². The number of hydrogen-bond acceptors (Lipinski definition) is 6. The summed E-state index contributed by atoms with van der Waals surface area (Å²) in [5, 5.41) is 4.38. The van der Waals surface area contributed by atoms with Gasteiger partial charge in [0.05, 0.1) is 16.5 Å². The van der Waals surface area contributed by atoms with Crippen LogP contribution >= 0.6 is 23.1 Å². The molecule has 35 heavy (non-hydrogen) atoms. The fourth-order valence-electron chi connectivity index (χ4n) is 4.31. The van der Waals surface area contributed by atoms with Crippen LogP contribution in [0.25, 0.3) is 0 Å². The summed E-state index contributed by atoms with van der Waals surface area (Å²) in [6.07, 6.45) is -4.57. The van der Waals surface area contributed by atoms with E-state index in [0.717, 1.165) is 40.8 Å². The van der Waals surface area contributed by atoms with Crippen LogP contribution in [0.1, 0.15) is 21.9 Å². The minimum atomic E-state index is -4.57. The number of nitrogens with one attached hydrogen (secondary N) is 2. The number of imide groups is 1. The van der Waals surface area contributed by atoms with Crippen LogP contribution in [0.5, 0.6) is 0 Å². The molecule has 2 aliphatic rings. The molecule has 0 aliphatic carbocycles. The first-order valence-corrected chi connectivity index (χ1v) is 12.1. The minimum absolute atomic E-state index is 0.0578. The zero-order valence-corrected chi connectivity index (χ0v) is 19.3. The lowest BCUT2D eigenvalue weighted by atomic mass is 9.83. The van der Waals surface area contributed by atoms with E-state index in [1.54, 1.807) is 12.1 Å². The average molecular weight is 520 g/mol. The van der Waals surface area contributed by atoms with Crippen molar-refractivity contribution in [3.8, 4) is 0 Å². The van der Waals surface area contributed by atoms with Gasteiger partial charge in [0.25, 0.3) is 0 Å². The maximum absolute atomic E-state index is 13.0. The van der Waals surface area contributed by atoms with E-state index >= 15 is 0 Å². The molecule has 3 amide bonds. The van der Waals surface area contributed by atoms with Gasteiger partial charge >= 0.3 is 11.0 Å². The fourth-order valence-corrected chi connectivity index (χ4v) is 7.05. The van der Waals surface area contributed by atoms with Gasteiger partial charge in [0, 0.05) is 16.5 Å². The number of nitrogens with zero attached hydrogens (tertiary/aromatic N) is 1. The summed E-state index contributed by atoms with van der Waals surface area (Å²) in [4.78, 5) is 50.8. The predicted octanol–water partition coefficient (Wildman–Crippen LogP) is 3.45. The van der Waals surface area contributed by atoms with Crippen molar-refractivity contribution in [2.45, 2.75) is 28.9 Å². The molecule has 0 radical (unpaired) electrons. The Morgan fingerprint density at radius 1 is 1.03 bits per heavy atom. The number of rotatable bonds is 4. The Morgan fingerprint density at radius 2 is 1.77 bits per heavy atom. The van der Waals surface area contributed by atoms with E-state index in [1.807, 2.05) is 18.2 Å². The summed E-state index contributed by atoms with van der Waals surface area (Å²) >= 11 is 1.94. The lowest BCUT2D eigenvalue weighted by molar-refractivity contribution is -0.137. The van der Waals surface area contributed by atoms with Gasteiger partial charge in [0.2, 0.25) is 17.7 Å². The number of anilines is 1. The molecule has 3 aromatic rings. The van der Waals surface area contributed by atoms with Gasteiger partial charge in [-0.3, -0.25) is 29.1 Å². The number of benzene rings is 2. The fraction of sp³-hybridized carbons (Fsp3) is 0.217. The average Bonchev–Trinajstić information content (AvgIpc) is 3.27. The molecular weight excluding hydrogens is 503 g/mol. The quantitative estimate of drug-likeness (QED) is 0.515. The Hall–Kier alpha value is -3.38. The van der Waals surface area contributed by atoms with E-state index in [2.05, 4.69) is 10.6 Å². The summed E-state index contributed by atoms with van der Waals surface area (Å²) < 4.78 is 40.1. The SMILES string of the molecule is O=C(Cn1c2c(sc1=O)C(c1ccccc1)C1C(=O)NC(=O)C1S2)Nc1cccc(C(F)(F)F)c1. The molecule has 3 heterocycles. The Balaban J connectivity index is 1.48. The number of thiazole rings is 1. The Morgan fingerprint density at radius 3 is 2.49 bits per heavy atom. The van der Waals surface area contributed by atoms with Crippen LogP contribution in [0.2, 0.25) is 0 Å². The molecule has 3 unspecified atom stereocenters. The van der Waals surface area contributed by atoms with Gasteiger partial charge in [0.1, 0.15) is 11.8 Å². The highest BCUT2D eigenvalue weighted by Gasteiger charge is 2.52. The van der Waals surface area contributed by atoms with Gasteiger partial charge in [-0.15, -0.1) is 0 Å². The van der Waals surface area contributed by atoms with Crippen molar-refractivity contribution in [3.63, 3.8) is 0 Å². The molecular formula is C23H16F3N3O4S2. The van der Waals surface area contributed by atoms with Crippen molar-refractivity contribution in [3.05, 3.63) is 80.3 Å². The zero-order valence-electron chi connectivity index (χ0n) is 17.7. The zero-order chi connectivity index (χ0) is 24.9. The molecule has 3 atom stereocenters. The highest BCUT2D eigenvalue weighted by molar-refractivity contribution is 8.00. The highest BCUT2D eigenvalue weighted by Crippen LogP contribution is 2.51. The smallest absolute Gasteiger partial charge is 0.325 e. The Kier molecular flexibility index (Phi) is 5.80. The van der Waals surface area contributed by atoms with E-state index in [0.29, 0.717) is 9.90 Å². The van der Waals surface area contributed by atoms with Crippen molar-refractivity contribution in [2.24, 2.45) is 5.92 Å². The second-order valence-corrected chi connectivity index (χ2v) is 10.2. The Bertz CT molecular complexity index is 1400. The second-order valence-electron chi connectivity index (χ2n) is 8.06. The summed E-state index contributed by atoms with van der Waals surface area (Å²) in [6, 6.07) is 13.2. The number of thioether (sulfide) groups is 1. The maximum atomic E-state index is 13.0. The summed E-state index contributed by atoms with van der Waals surface area (Å²) in [5.74, 6) is -2.82. The number of carbonyl (C=O) groups excluding carboxylic acids is 3. The molecule has 2 aromatic carbocycles. The molecule has 5 rings (SSSR count). The van der Waals surface area contributed by atoms with Crippen LogP contribution in [0.4, 0.5) is 18.9 Å². The van der Waals surface area contributed by atoms with E-state index in [1.165, 1.54) is 16.7 Å². The van der Waals surface area contributed by atoms with E-state index < -0.39 is 58.0 Å². The first kappa shape index (κ1) is 23.4. The van der Waals surface area contributed by atoms with E-state index in [9.17, 15) is 32.3 Å². The molecule has 180 valence electrons. The first-order valence-electron chi connectivity index (χ1n) is 10.4. The molecule has 1 fully saturated rings. The van der Waals surface area contributed by atoms with Crippen molar-refractivity contribution >= 4 is 46.5 Å². The lowest BCUT2D eigenvalue weighted by Gasteiger charge is -2.30. The van der Waals surface area contributed by atoms with Crippen LogP contribution in [0, 0.1) is 5.92 Å². The topological polar surface area (TPSA) is 97.3 Å². The number of alkyl halides is 3. The molecule has 12 heteroatoms. The molecule has 0 spiro atoms. The number of carbonyl (C=O) groups is 3.